The van der Waals surface area contributed by atoms with E-state index in [1.54, 1.807) is 0 Å². The van der Waals surface area contributed by atoms with Crippen molar-refractivity contribution in [1.82, 2.24) is 0 Å². The predicted octanol–water partition coefficient (Wildman–Crippen LogP) is 4.89. The molecular weight excluding hydrogens is 440 g/mol. The van der Waals surface area contributed by atoms with Crippen LogP contribution in [-0.2, 0) is 14.3 Å². The minimum atomic E-state index is -0.493. The molecule has 0 aromatic rings. The first-order valence-corrected chi connectivity index (χ1v) is 14.2. The van der Waals surface area contributed by atoms with Gasteiger partial charge in [0.05, 0.1) is 31.5 Å². The van der Waals surface area contributed by atoms with Crippen LogP contribution in [0.1, 0.15) is 86.0 Å². The third-order valence-corrected chi connectivity index (χ3v) is 13.5. The first kappa shape index (κ1) is 24.4. The largest absolute Gasteiger partial charge is 0.466 e. The molecule has 5 saturated carbocycles. The van der Waals surface area contributed by atoms with Crippen LogP contribution in [0.4, 0.5) is 0 Å². The molecule has 2 N–H and O–H groups in total. The van der Waals surface area contributed by atoms with E-state index in [9.17, 15) is 15.0 Å². The summed E-state index contributed by atoms with van der Waals surface area (Å²) in [6.07, 6.45) is 11.3. The van der Waals surface area contributed by atoms with Gasteiger partial charge in [0.15, 0.2) is 0 Å². The van der Waals surface area contributed by atoms with Crippen LogP contribution in [0.3, 0.4) is 0 Å². The Morgan fingerprint density at radius 1 is 1.00 bits per heavy atom. The van der Waals surface area contributed by atoms with Crippen LogP contribution < -0.4 is 0 Å². The number of aliphatic hydroxyl groups excluding tert-OH is 2. The van der Waals surface area contributed by atoms with Gasteiger partial charge in [-0.2, -0.15) is 0 Å². The minimum absolute atomic E-state index is 0.0204. The van der Waals surface area contributed by atoms with E-state index in [1.807, 2.05) is 6.08 Å². The van der Waals surface area contributed by atoms with Gasteiger partial charge < -0.3 is 19.7 Å². The van der Waals surface area contributed by atoms with Gasteiger partial charge in [-0.15, -0.1) is 0 Å². The zero-order valence-electron chi connectivity index (χ0n) is 22.5. The molecule has 0 aromatic carbocycles. The van der Waals surface area contributed by atoms with E-state index in [2.05, 4.69) is 34.6 Å². The number of carbonyl (C=O) groups excluding carboxylic acids is 1. The van der Waals surface area contributed by atoms with Crippen LogP contribution in [0, 0.1) is 50.7 Å². The van der Waals surface area contributed by atoms with Gasteiger partial charge in [0.2, 0.25) is 0 Å². The Balaban J connectivity index is 1.34. The van der Waals surface area contributed by atoms with Crippen molar-refractivity contribution in [3.63, 3.8) is 0 Å². The smallest absolute Gasteiger partial charge is 0.330 e. The average molecular weight is 487 g/mol. The van der Waals surface area contributed by atoms with E-state index in [-0.39, 0.29) is 40.5 Å². The monoisotopic (exact) mass is 486 g/mol. The van der Waals surface area contributed by atoms with E-state index in [0.717, 1.165) is 32.1 Å². The van der Waals surface area contributed by atoms with Crippen LogP contribution in [0.5, 0.6) is 0 Å². The Morgan fingerprint density at radius 3 is 2.40 bits per heavy atom. The zero-order chi connectivity index (χ0) is 25.2. The van der Waals surface area contributed by atoms with Crippen LogP contribution in [0.25, 0.3) is 0 Å². The molecule has 6 fully saturated rings. The summed E-state index contributed by atoms with van der Waals surface area (Å²) in [4.78, 5) is 11.7. The second-order valence-corrected chi connectivity index (χ2v) is 14.5. The van der Waals surface area contributed by atoms with Crippen molar-refractivity contribution in [2.45, 2.75) is 110 Å². The second kappa shape index (κ2) is 7.35. The standard InChI is InChI=1S/C30H46O5/c1-17-15-18(7-10-22(32)34-6)35-24-23(17)27(4)13-14-30-16-29(30)12-11-21(31)26(2,3)19(29)8-9-20(30)28(27,5)25(24)33/h7,10,17-21,23-25,31,33H,8-9,11-16H2,1-6H3/b10-7+/t17-,18?,19+,20+,21+,23?,24?,25+,27-,28-,29-,30?/m1/s1. The molecule has 1 aliphatic heterocycles. The van der Waals surface area contributed by atoms with E-state index < -0.39 is 6.10 Å². The molecule has 12 atom stereocenters. The number of methoxy groups -OCH3 is 1. The molecule has 5 nitrogen and oxygen atoms in total. The van der Waals surface area contributed by atoms with Crippen molar-refractivity contribution < 1.29 is 24.5 Å². The second-order valence-electron chi connectivity index (χ2n) is 14.5. The van der Waals surface area contributed by atoms with Crippen LogP contribution in [0.2, 0.25) is 0 Å². The molecule has 2 spiro atoms. The third kappa shape index (κ3) is 2.74. The van der Waals surface area contributed by atoms with Gasteiger partial charge >= 0.3 is 5.97 Å². The molecule has 0 radical (unpaired) electrons. The highest BCUT2D eigenvalue weighted by Crippen LogP contribution is 2.89. The number of esters is 1. The molecule has 6 rings (SSSR count). The fourth-order valence-electron chi connectivity index (χ4n) is 11.7. The molecule has 35 heavy (non-hydrogen) atoms. The van der Waals surface area contributed by atoms with Crippen LogP contribution in [-0.4, -0.2) is 47.7 Å². The Bertz CT molecular complexity index is 943. The minimum Gasteiger partial charge on any atom is -0.466 e. The molecule has 0 bridgehead atoms. The van der Waals surface area contributed by atoms with Crippen LogP contribution in [0.15, 0.2) is 12.2 Å². The number of fused-ring (bicyclic) bond motifs is 4. The molecule has 5 heteroatoms. The lowest BCUT2D eigenvalue weighted by Gasteiger charge is -2.63. The maximum atomic E-state index is 12.1. The summed E-state index contributed by atoms with van der Waals surface area (Å²) < 4.78 is 11.4. The molecule has 0 aromatic heterocycles. The number of hydrogen-bond acceptors (Lipinski definition) is 5. The van der Waals surface area contributed by atoms with Gasteiger partial charge in [-0.3, -0.25) is 0 Å². The van der Waals surface area contributed by atoms with E-state index in [1.165, 1.54) is 32.4 Å². The van der Waals surface area contributed by atoms with Crippen molar-refractivity contribution in [3.8, 4) is 0 Å². The summed E-state index contributed by atoms with van der Waals surface area (Å²) in [6.45, 7) is 11.8. The highest BCUT2D eigenvalue weighted by Gasteiger charge is 2.84. The quantitative estimate of drug-likeness (QED) is 0.429. The number of hydrogen-bond donors (Lipinski definition) is 2. The van der Waals surface area contributed by atoms with E-state index in [0.29, 0.717) is 34.5 Å². The number of ether oxygens (including phenoxy) is 2. The summed E-state index contributed by atoms with van der Waals surface area (Å²) in [5.41, 5.74) is 0.528. The molecule has 1 saturated heterocycles. The summed E-state index contributed by atoms with van der Waals surface area (Å²) in [7, 11) is 1.39. The number of rotatable bonds is 2. The van der Waals surface area contributed by atoms with Gasteiger partial charge in [0.1, 0.15) is 0 Å². The maximum Gasteiger partial charge on any atom is 0.330 e. The summed E-state index contributed by atoms with van der Waals surface area (Å²) >= 11 is 0. The first-order valence-electron chi connectivity index (χ1n) is 14.2. The van der Waals surface area contributed by atoms with Crippen molar-refractivity contribution in [2.24, 2.45) is 50.7 Å². The van der Waals surface area contributed by atoms with Crippen LogP contribution >= 0.6 is 0 Å². The summed E-state index contributed by atoms with van der Waals surface area (Å²) in [5.74, 6) is 1.49. The fraction of sp³-hybridized carbons (Fsp3) is 0.900. The molecule has 5 aliphatic carbocycles. The normalized spacial score (nSPS) is 57.9. The molecule has 4 unspecified atom stereocenters. The topological polar surface area (TPSA) is 76.0 Å². The van der Waals surface area contributed by atoms with Gasteiger partial charge in [-0.05, 0) is 103 Å². The highest BCUT2D eigenvalue weighted by atomic mass is 16.5. The number of aliphatic hydroxyl groups is 2. The Hall–Kier alpha value is -0.910. The molecule has 1 heterocycles. The van der Waals surface area contributed by atoms with Gasteiger partial charge in [0.25, 0.3) is 0 Å². The van der Waals surface area contributed by atoms with Gasteiger partial charge in [-0.1, -0.05) is 34.6 Å². The van der Waals surface area contributed by atoms with Crippen molar-refractivity contribution in [3.05, 3.63) is 12.2 Å². The van der Waals surface area contributed by atoms with Crippen molar-refractivity contribution >= 4 is 5.97 Å². The number of carbonyl (C=O) groups is 1. The lowest BCUT2D eigenvalue weighted by atomic mass is 9.41. The lowest BCUT2D eigenvalue weighted by molar-refractivity contribution is -0.182. The average Bonchev–Trinajstić information content (AvgIpc) is 3.45. The first-order chi connectivity index (χ1) is 16.4. The Kier molecular flexibility index (Phi) is 5.13. The molecule has 0 amide bonds. The zero-order valence-corrected chi connectivity index (χ0v) is 22.5. The molecule has 196 valence electrons. The maximum absolute atomic E-state index is 12.1. The summed E-state index contributed by atoms with van der Waals surface area (Å²) in [6, 6.07) is 0. The third-order valence-electron chi connectivity index (χ3n) is 13.5. The highest BCUT2D eigenvalue weighted by molar-refractivity contribution is 5.81. The van der Waals surface area contributed by atoms with E-state index in [4.69, 9.17) is 9.47 Å². The molecule has 6 aliphatic rings. The van der Waals surface area contributed by atoms with Crippen molar-refractivity contribution in [2.75, 3.05) is 7.11 Å². The predicted molar refractivity (Wildman–Crippen MR) is 133 cm³/mol. The Labute approximate surface area is 211 Å². The SMILES string of the molecule is COC(=O)/C=C/C1C[C@@H](C)C2C(O1)[C@H](O)[C@@]1(C)[C@@H]3CC[C@H]4C(C)(C)[C@@H](O)CC[C@@]45CC35CC[C@]21C. The molecular formula is C30H46O5. The van der Waals surface area contributed by atoms with E-state index >= 15 is 0 Å². The lowest BCUT2D eigenvalue weighted by Crippen LogP contribution is -2.59. The fourth-order valence-corrected chi connectivity index (χ4v) is 11.7. The Morgan fingerprint density at radius 2 is 1.69 bits per heavy atom. The van der Waals surface area contributed by atoms with Gasteiger partial charge in [-0.25, -0.2) is 4.79 Å². The summed E-state index contributed by atoms with van der Waals surface area (Å²) in [5, 5.41) is 23.0. The van der Waals surface area contributed by atoms with Gasteiger partial charge in [0, 0.05) is 11.5 Å². The van der Waals surface area contributed by atoms with Crippen molar-refractivity contribution in [1.29, 1.82) is 0 Å².